The van der Waals surface area contributed by atoms with Crippen LogP contribution in [0, 0.1) is 5.82 Å². The Morgan fingerprint density at radius 1 is 0.964 bits per heavy atom. The van der Waals surface area contributed by atoms with Crippen LogP contribution in [0.2, 0.25) is 0 Å². The number of halogens is 1. The summed E-state index contributed by atoms with van der Waals surface area (Å²) >= 11 is 0. The second-order valence-electron chi connectivity index (χ2n) is 6.16. The molecule has 0 radical (unpaired) electrons. The van der Waals surface area contributed by atoms with Crippen LogP contribution in [0.25, 0.3) is 0 Å². The fourth-order valence-corrected chi connectivity index (χ4v) is 2.59. The van der Waals surface area contributed by atoms with E-state index in [-0.39, 0.29) is 18.1 Å². The number of carbonyl (C=O) groups is 3. The lowest BCUT2D eigenvalue weighted by Gasteiger charge is -2.30. The lowest BCUT2D eigenvalue weighted by atomic mass is 10.2. The van der Waals surface area contributed by atoms with Gasteiger partial charge in [-0.2, -0.15) is 0 Å². The zero-order valence-electron chi connectivity index (χ0n) is 15.2. The molecule has 1 N–H and O–H groups in total. The molecule has 1 heterocycles. The van der Waals surface area contributed by atoms with Gasteiger partial charge >= 0.3 is 6.03 Å². The van der Waals surface area contributed by atoms with Crippen molar-refractivity contribution >= 4 is 17.8 Å². The highest BCUT2D eigenvalue weighted by atomic mass is 19.1. The first-order valence-corrected chi connectivity index (χ1v) is 8.84. The number of hydrogen-bond donors (Lipinski definition) is 1. The van der Waals surface area contributed by atoms with Crippen LogP contribution >= 0.6 is 0 Å². The van der Waals surface area contributed by atoms with E-state index in [9.17, 15) is 18.8 Å². The van der Waals surface area contributed by atoms with Crippen molar-refractivity contribution in [3.05, 3.63) is 54.3 Å². The molecule has 2 aromatic carbocycles. The van der Waals surface area contributed by atoms with Gasteiger partial charge in [0.2, 0.25) is 0 Å². The summed E-state index contributed by atoms with van der Waals surface area (Å²) in [5.74, 6) is -0.647. The van der Waals surface area contributed by atoms with Crippen molar-refractivity contribution in [1.29, 1.82) is 0 Å². The summed E-state index contributed by atoms with van der Waals surface area (Å²) in [6.07, 6.45) is 0.0000674. The first kappa shape index (κ1) is 19.3. The molecule has 0 spiro atoms. The molecule has 1 aliphatic rings. The quantitative estimate of drug-likeness (QED) is 0.739. The average molecular weight is 386 g/mol. The van der Waals surface area contributed by atoms with Crippen molar-refractivity contribution in [2.24, 2.45) is 0 Å². The van der Waals surface area contributed by atoms with Crippen LogP contribution in [0.1, 0.15) is 19.8 Å². The zero-order chi connectivity index (χ0) is 20.1. The van der Waals surface area contributed by atoms with E-state index < -0.39 is 23.9 Å². The summed E-state index contributed by atoms with van der Waals surface area (Å²) in [5.41, 5.74) is 0. The lowest BCUT2D eigenvalue weighted by Crippen LogP contribution is -2.62. The van der Waals surface area contributed by atoms with E-state index in [0.29, 0.717) is 17.9 Å². The molecule has 146 valence electrons. The van der Waals surface area contributed by atoms with Gasteiger partial charge in [-0.3, -0.25) is 19.8 Å². The molecule has 3 rings (SSSR count). The number of hydrogen-bond acceptors (Lipinski definition) is 5. The predicted octanol–water partition coefficient (Wildman–Crippen LogP) is 3.24. The van der Waals surface area contributed by atoms with Gasteiger partial charge < -0.3 is 9.47 Å². The van der Waals surface area contributed by atoms with E-state index in [0.717, 1.165) is 11.3 Å². The monoisotopic (exact) mass is 386 g/mol. The van der Waals surface area contributed by atoms with Crippen LogP contribution in [-0.4, -0.2) is 35.4 Å². The van der Waals surface area contributed by atoms with Crippen molar-refractivity contribution in [2.75, 3.05) is 6.54 Å². The molecule has 0 aliphatic carbocycles. The summed E-state index contributed by atoms with van der Waals surface area (Å²) in [7, 11) is 0. The summed E-state index contributed by atoms with van der Waals surface area (Å²) < 4.78 is 24.0. The molecule has 1 fully saturated rings. The Morgan fingerprint density at radius 3 is 2.14 bits per heavy atom. The largest absolute Gasteiger partial charge is 0.471 e. The fraction of sp³-hybridized carbons (Fsp3) is 0.250. The van der Waals surface area contributed by atoms with Gasteiger partial charge in [0.15, 0.2) is 0 Å². The smallest absolute Gasteiger partial charge is 0.330 e. The maximum Gasteiger partial charge on any atom is 0.330 e. The molecule has 7 nitrogen and oxygen atoms in total. The topological polar surface area (TPSA) is 84.9 Å². The Balaban J connectivity index is 1.66. The number of benzene rings is 2. The Labute approximate surface area is 161 Å². The van der Waals surface area contributed by atoms with Crippen molar-refractivity contribution < 1.29 is 28.2 Å². The number of ether oxygens (including phenoxy) is 2. The number of amides is 4. The van der Waals surface area contributed by atoms with Gasteiger partial charge in [0.05, 0.1) is 0 Å². The number of barbiturate groups is 1. The number of carbonyl (C=O) groups excluding carboxylic acids is 3. The van der Waals surface area contributed by atoms with Crippen LogP contribution in [0.4, 0.5) is 9.18 Å². The Kier molecular flexibility index (Phi) is 5.88. The minimum Gasteiger partial charge on any atom is -0.471 e. The molecule has 1 aliphatic heterocycles. The maximum atomic E-state index is 12.9. The van der Waals surface area contributed by atoms with Gasteiger partial charge in [-0.1, -0.05) is 13.3 Å². The molecule has 0 saturated carbocycles. The third-order valence-corrected chi connectivity index (χ3v) is 4.07. The fourth-order valence-electron chi connectivity index (χ4n) is 2.59. The highest BCUT2D eigenvalue weighted by Crippen LogP contribution is 2.25. The number of urea groups is 1. The molecule has 4 amide bonds. The third kappa shape index (κ3) is 4.46. The maximum absolute atomic E-state index is 12.9. The molecule has 8 heteroatoms. The molecule has 2 aromatic rings. The number of unbranched alkanes of at least 4 members (excludes halogenated alkanes) is 1. The molecular formula is C20H19FN2O5. The zero-order valence-corrected chi connectivity index (χ0v) is 15.2. The van der Waals surface area contributed by atoms with Crippen LogP contribution in [0.5, 0.6) is 17.2 Å². The SMILES string of the molecule is CCCCN1C(=O)NC(=O)C(Oc2ccc(Oc3ccc(F)cc3)cc2)C1=O. The first-order valence-electron chi connectivity index (χ1n) is 8.84. The van der Waals surface area contributed by atoms with Crippen LogP contribution in [-0.2, 0) is 9.59 Å². The molecule has 1 unspecified atom stereocenters. The van der Waals surface area contributed by atoms with Gasteiger partial charge in [0, 0.05) is 6.54 Å². The molecule has 1 atom stereocenters. The molecule has 0 bridgehead atoms. The summed E-state index contributed by atoms with van der Waals surface area (Å²) in [6.45, 7) is 2.15. The molecule has 28 heavy (non-hydrogen) atoms. The lowest BCUT2D eigenvalue weighted by molar-refractivity contribution is -0.146. The summed E-state index contributed by atoms with van der Waals surface area (Å²) in [5, 5.41) is 2.13. The van der Waals surface area contributed by atoms with Gasteiger partial charge in [-0.15, -0.1) is 0 Å². The van der Waals surface area contributed by atoms with Gasteiger partial charge in [-0.25, -0.2) is 9.18 Å². The van der Waals surface area contributed by atoms with Crippen molar-refractivity contribution in [3.63, 3.8) is 0 Å². The Hall–Kier alpha value is -3.42. The highest BCUT2D eigenvalue weighted by Gasteiger charge is 2.41. The Morgan fingerprint density at radius 2 is 1.54 bits per heavy atom. The number of nitrogens with one attached hydrogen (secondary N) is 1. The van der Waals surface area contributed by atoms with Crippen molar-refractivity contribution in [3.8, 4) is 17.2 Å². The normalized spacial score (nSPS) is 16.7. The second kappa shape index (κ2) is 8.51. The Bertz CT molecular complexity index is 867. The minimum atomic E-state index is -1.43. The summed E-state index contributed by atoms with van der Waals surface area (Å²) in [6, 6.07) is 11.1. The van der Waals surface area contributed by atoms with Crippen LogP contribution < -0.4 is 14.8 Å². The number of imide groups is 2. The van der Waals surface area contributed by atoms with E-state index >= 15 is 0 Å². The highest BCUT2D eigenvalue weighted by molar-refractivity contribution is 6.18. The van der Waals surface area contributed by atoms with Gasteiger partial charge in [0.25, 0.3) is 17.9 Å². The third-order valence-electron chi connectivity index (χ3n) is 4.07. The van der Waals surface area contributed by atoms with E-state index in [1.54, 1.807) is 12.1 Å². The molecular weight excluding hydrogens is 367 g/mol. The predicted molar refractivity (Wildman–Crippen MR) is 97.5 cm³/mol. The van der Waals surface area contributed by atoms with E-state index in [2.05, 4.69) is 5.32 Å². The van der Waals surface area contributed by atoms with Gasteiger partial charge in [0.1, 0.15) is 23.1 Å². The number of nitrogens with zero attached hydrogens (tertiary/aromatic N) is 1. The van der Waals surface area contributed by atoms with E-state index in [1.807, 2.05) is 6.92 Å². The first-order chi connectivity index (χ1) is 13.5. The molecule has 1 saturated heterocycles. The van der Waals surface area contributed by atoms with Crippen molar-refractivity contribution in [2.45, 2.75) is 25.9 Å². The van der Waals surface area contributed by atoms with Crippen LogP contribution in [0.15, 0.2) is 48.5 Å². The van der Waals surface area contributed by atoms with Gasteiger partial charge in [-0.05, 0) is 55.0 Å². The van der Waals surface area contributed by atoms with Crippen LogP contribution in [0.3, 0.4) is 0 Å². The molecule has 0 aromatic heterocycles. The standard InChI is InChI=1S/C20H19FN2O5/c1-2-3-12-23-19(25)17(18(24)22-20(23)26)28-16-10-8-15(9-11-16)27-14-6-4-13(21)5-7-14/h4-11,17H,2-3,12H2,1H3,(H,22,24,26). The van der Waals surface area contributed by atoms with E-state index in [4.69, 9.17) is 9.47 Å². The minimum absolute atomic E-state index is 0.221. The van der Waals surface area contributed by atoms with Crippen molar-refractivity contribution in [1.82, 2.24) is 10.2 Å². The summed E-state index contributed by atoms with van der Waals surface area (Å²) in [4.78, 5) is 37.3. The second-order valence-corrected chi connectivity index (χ2v) is 6.16. The van der Waals surface area contributed by atoms with E-state index in [1.165, 1.54) is 36.4 Å². The average Bonchev–Trinajstić information content (AvgIpc) is 2.68. The number of rotatable bonds is 7.